The van der Waals surface area contributed by atoms with Gasteiger partial charge in [0.25, 0.3) is 0 Å². The molecule has 4 aromatic rings. The molecular weight excluding hydrogens is 613 g/mol. The van der Waals surface area contributed by atoms with Crippen LogP contribution in [0.3, 0.4) is 0 Å². The van der Waals surface area contributed by atoms with E-state index < -0.39 is 11.7 Å². The molecule has 5 heterocycles. The first-order valence-corrected chi connectivity index (χ1v) is 15.6. The summed E-state index contributed by atoms with van der Waals surface area (Å²) in [5.41, 5.74) is 3.65. The van der Waals surface area contributed by atoms with E-state index in [4.69, 9.17) is 11.6 Å². The Morgan fingerprint density at radius 1 is 1.11 bits per heavy atom. The quantitative estimate of drug-likeness (QED) is 0.263. The Bertz CT molecular complexity index is 1910. The number of nitrogens with zero attached hydrogens (tertiary/aromatic N) is 6. The molecule has 0 bridgehead atoms. The number of carbonyl (C=O) groups excluding carboxylic acids is 3. The van der Waals surface area contributed by atoms with Crippen LogP contribution in [0.1, 0.15) is 43.4 Å². The van der Waals surface area contributed by atoms with Crippen molar-refractivity contribution >= 4 is 69.1 Å². The third-order valence-corrected chi connectivity index (χ3v) is 9.53. The minimum absolute atomic E-state index is 0.0101. The molecule has 0 unspecified atom stereocenters. The zero-order valence-corrected chi connectivity index (χ0v) is 26.4. The topological polar surface area (TPSA) is 137 Å². The number of aromatic nitrogens is 4. The molecule has 46 heavy (non-hydrogen) atoms. The molecule has 0 saturated carbocycles. The number of likely N-dealkylation sites (N-methyl/N-ethyl adjacent to an activating group) is 1. The van der Waals surface area contributed by atoms with Crippen LogP contribution in [0.15, 0.2) is 36.5 Å². The number of hydrogen-bond donors (Lipinski definition) is 3. The molecular formula is C32H33ClFN9O3. The fourth-order valence-corrected chi connectivity index (χ4v) is 6.80. The largest absolute Gasteiger partial charge is 0.382 e. The van der Waals surface area contributed by atoms with E-state index in [0.29, 0.717) is 48.8 Å². The van der Waals surface area contributed by atoms with Gasteiger partial charge in [-0.05, 0) is 49.1 Å². The molecule has 14 heteroatoms. The van der Waals surface area contributed by atoms with E-state index in [9.17, 15) is 14.4 Å². The average molecular weight is 646 g/mol. The van der Waals surface area contributed by atoms with Crippen LogP contribution < -0.4 is 25.8 Å². The highest BCUT2D eigenvalue weighted by atomic mass is 35.5. The zero-order valence-electron chi connectivity index (χ0n) is 25.6. The summed E-state index contributed by atoms with van der Waals surface area (Å²) in [6.07, 6.45) is 3.10. The van der Waals surface area contributed by atoms with Gasteiger partial charge in [0.1, 0.15) is 5.02 Å². The summed E-state index contributed by atoms with van der Waals surface area (Å²) in [5.74, 6) is -0.632. The number of imide groups is 1. The predicted octanol–water partition coefficient (Wildman–Crippen LogP) is 4.27. The third kappa shape index (κ3) is 5.27. The Hall–Kier alpha value is -4.78. The molecule has 238 valence electrons. The molecule has 2 aromatic carbocycles. The second-order valence-corrected chi connectivity index (χ2v) is 12.7. The lowest BCUT2D eigenvalue weighted by molar-refractivity contribution is -0.134. The monoisotopic (exact) mass is 645 g/mol. The second-order valence-electron chi connectivity index (χ2n) is 12.3. The Kier molecular flexibility index (Phi) is 7.50. The van der Waals surface area contributed by atoms with Crippen LogP contribution in [0.25, 0.3) is 10.9 Å². The molecule has 2 saturated heterocycles. The van der Waals surface area contributed by atoms with Gasteiger partial charge < -0.3 is 20.4 Å². The SMILES string of the molecule is C[C@@H]1CN(c2ncc(Cl)c(Nc3ccc4c(c3F)CC(=O)N4C)n2)CC[C@H]1Nc1ccc2c([C@@H]3CCC(=O)NC3=O)nn(C)c2c1. The van der Waals surface area contributed by atoms with Gasteiger partial charge in [0.2, 0.25) is 23.7 Å². The highest BCUT2D eigenvalue weighted by Crippen LogP contribution is 2.36. The van der Waals surface area contributed by atoms with Crippen LogP contribution in [-0.4, -0.2) is 63.6 Å². The van der Waals surface area contributed by atoms with Gasteiger partial charge in [0.05, 0.1) is 41.1 Å². The summed E-state index contributed by atoms with van der Waals surface area (Å²) in [7, 11) is 3.49. The lowest BCUT2D eigenvalue weighted by Crippen LogP contribution is -2.46. The van der Waals surface area contributed by atoms with E-state index in [0.717, 1.165) is 23.0 Å². The van der Waals surface area contributed by atoms with Crippen molar-refractivity contribution in [3.63, 3.8) is 0 Å². The smallest absolute Gasteiger partial charge is 0.235 e. The number of aryl methyl sites for hydroxylation is 1. The second kappa shape index (κ2) is 11.5. The minimum Gasteiger partial charge on any atom is -0.382 e. The number of benzene rings is 2. The van der Waals surface area contributed by atoms with E-state index in [1.807, 2.05) is 25.2 Å². The maximum Gasteiger partial charge on any atom is 0.235 e. The molecule has 12 nitrogen and oxygen atoms in total. The van der Waals surface area contributed by atoms with Gasteiger partial charge in [-0.1, -0.05) is 18.5 Å². The molecule has 0 radical (unpaired) electrons. The van der Waals surface area contributed by atoms with Crippen LogP contribution in [0.5, 0.6) is 0 Å². The third-order valence-electron chi connectivity index (χ3n) is 9.26. The molecule has 2 fully saturated rings. The summed E-state index contributed by atoms with van der Waals surface area (Å²) >= 11 is 6.41. The normalized spacial score (nSPS) is 21.5. The van der Waals surface area contributed by atoms with Crippen molar-refractivity contribution in [2.45, 2.75) is 44.6 Å². The zero-order chi connectivity index (χ0) is 32.3. The van der Waals surface area contributed by atoms with Crippen LogP contribution in [-0.2, 0) is 27.9 Å². The summed E-state index contributed by atoms with van der Waals surface area (Å²) in [5, 5.41) is 14.9. The van der Waals surface area contributed by atoms with E-state index in [-0.39, 0.29) is 52.6 Å². The van der Waals surface area contributed by atoms with E-state index in [1.165, 1.54) is 11.1 Å². The minimum atomic E-state index is -0.497. The van der Waals surface area contributed by atoms with Gasteiger partial charge in [-0.25, -0.2) is 9.37 Å². The van der Waals surface area contributed by atoms with Crippen molar-refractivity contribution in [2.75, 3.05) is 40.6 Å². The number of anilines is 5. The van der Waals surface area contributed by atoms with Crippen molar-refractivity contribution in [1.29, 1.82) is 0 Å². The molecule has 2 aromatic heterocycles. The fourth-order valence-electron chi connectivity index (χ4n) is 6.66. The van der Waals surface area contributed by atoms with Gasteiger partial charge in [-0.2, -0.15) is 10.1 Å². The van der Waals surface area contributed by atoms with Crippen LogP contribution in [0.2, 0.25) is 5.02 Å². The van der Waals surface area contributed by atoms with Gasteiger partial charge in [-0.3, -0.25) is 24.4 Å². The van der Waals surface area contributed by atoms with Crippen molar-refractivity contribution in [2.24, 2.45) is 13.0 Å². The summed E-state index contributed by atoms with van der Waals surface area (Å²) in [6.45, 7) is 3.55. The van der Waals surface area contributed by atoms with Crippen molar-refractivity contribution in [3.8, 4) is 0 Å². The van der Waals surface area contributed by atoms with Crippen molar-refractivity contribution in [1.82, 2.24) is 25.1 Å². The Morgan fingerprint density at radius 2 is 1.93 bits per heavy atom. The highest BCUT2D eigenvalue weighted by Gasteiger charge is 2.33. The summed E-state index contributed by atoms with van der Waals surface area (Å²) < 4.78 is 17.1. The van der Waals surface area contributed by atoms with Gasteiger partial charge in [0.15, 0.2) is 11.6 Å². The number of carbonyl (C=O) groups is 3. The van der Waals surface area contributed by atoms with Gasteiger partial charge >= 0.3 is 0 Å². The van der Waals surface area contributed by atoms with E-state index >= 15 is 4.39 Å². The molecule has 7 rings (SSSR count). The number of amides is 3. The summed E-state index contributed by atoms with van der Waals surface area (Å²) in [4.78, 5) is 48.9. The lowest BCUT2D eigenvalue weighted by atomic mass is 9.92. The van der Waals surface area contributed by atoms with Crippen LogP contribution in [0.4, 0.5) is 33.2 Å². The molecule has 3 N–H and O–H groups in total. The molecule has 3 atom stereocenters. The standard InChI is InChI=1S/C32H33ClFN9O3/c1-16-15-43(32-35-14-21(33)30(39-32)37-23-7-8-24-20(28(23)34)13-27(45)41(24)2)11-10-22(16)36-17-4-5-18-25(12-17)42(3)40-29(18)19-6-9-26(44)38-31(19)46/h4-5,7-8,12,14,16,19,22,36H,6,9-11,13,15H2,1-3H3,(H,35,37,39)(H,38,44,46)/t16-,19+,22-/m1/s1. The first-order chi connectivity index (χ1) is 22.1. The molecule has 0 aliphatic carbocycles. The Labute approximate surface area is 269 Å². The molecule has 0 spiro atoms. The average Bonchev–Trinajstić information content (AvgIpc) is 3.51. The first-order valence-electron chi connectivity index (χ1n) is 15.3. The van der Waals surface area contributed by atoms with Crippen LogP contribution in [0, 0.1) is 11.7 Å². The Morgan fingerprint density at radius 3 is 2.72 bits per heavy atom. The number of halogens is 2. The molecule has 3 aliphatic rings. The lowest BCUT2D eigenvalue weighted by Gasteiger charge is -2.37. The van der Waals surface area contributed by atoms with Gasteiger partial charge in [-0.15, -0.1) is 0 Å². The van der Waals surface area contributed by atoms with Crippen LogP contribution >= 0.6 is 11.6 Å². The number of piperidine rings is 2. The van der Waals surface area contributed by atoms with E-state index in [1.54, 1.807) is 23.9 Å². The molecule has 3 amide bonds. The predicted molar refractivity (Wildman–Crippen MR) is 173 cm³/mol. The highest BCUT2D eigenvalue weighted by molar-refractivity contribution is 6.33. The Balaban J connectivity index is 1.03. The first kappa shape index (κ1) is 29.9. The number of hydrogen-bond acceptors (Lipinski definition) is 9. The fraction of sp³-hybridized carbons (Fsp3) is 0.375. The summed E-state index contributed by atoms with van der Waals surface area (Å²) in [6, 6.07) is 9.51. The number of rotatable bonds is 6. The number of nitrogens with one attached hydrogen (secondary N) is 3. The van der Waals surface area contributed by atoms with Crippen molar-refractivity contribution < 1.29 is 18.8 Å². The number of fused-ring (bicyclic) bond motifs is 2. The maximum atomic E-state index is 15.3. The van der Waals surface area contributed by atoms with E-state index in [2.05, 4.69) is 42.8 Å². The molecule has 3 aliphatic heterocycles. The van der Waals surface area contributed by atoms with Gasteiger partial charge in [0, 0.05) is 56.3 Å². The maximum absolute atomic E-state index is 15.3. The van der Waals surface area contributed by atoms with Crippen molar-refractivity contribution in [3.05, 3.63) is 58.6 Å².